The van der Waals surface area contributed by atoms with Crippen LogP contribution in [0.4, 0.5) is 0 Å². The molecule has 0 N–H and O–H groups in total. The van der Waals surface area contributed by atoms with E-state index in [-0.39, 0.29) is 17.2 Å². The molecule has 1 spiro atoms. The van der Waals surface area contributed by atoms with Gasteiger partial charge in [-0.25, -0.2) is 8.42 Å². The quantitative estimate of drug-likeness (QED) is 0.774. The SMILES string of the molecule is Cc1ccc(S(=O)(=O)N2CC[C@@]3(C[C@H]3C(=O)N(C)Cc3ccccn3)C2)cc1. The molecular formula is C21H25N3O3S. The molecular weight excluding hydrogens is 374 g/mol. The number of sulfonamides is 1. The van der Waals surface area contributed by atoms with Gasteiger partial charge >= 0.3 is 0 Å². The molecule has 1 aromatic carbocycles. The van der Waals surface area contributed by atoms with Crippen molar-refractivity contribution in [3.8, 4) is 0 Å². The standard InChI is InChI=1S/C21H25N3O3S/c1-16-6-8-18(9-7-16)28(26,27)24-12-10-21(15-24)13-19(21)20(25)23(2)14-17-5-3-4-11-22-17/h3-9,11,19H,10,12-15H2,1-2H3/t19-,21+/m0/s1. The number of hydrogen-bond donors (Lipinski definition) is 0. The predicted octanol–water partition coefficient (Wildman–Crippen LogP) is 2.45. The molecule has 2 aromatic rings. The predicted molar refractivity (Wildman–Crippen MR) is 106 cm³/mol. The molecule has 2 aliphatic rings. The Morgan fingerprint density at radius 1 is 1.25 bits per heavy atom. The van der Waals surface area contributed by atoms with E-state index < -0.39 is 10.0 Å². The Bertz CT molecular complexity index is 976. The molecule has 1 amide bonds. The van der Waals surface area contributed by atoms with Gasteiger partial charge in [-0.2, -0.15) is 4.31 Å². The molecule has 148 valence electrons. The van der Waals surface area contributed by atoms with Crippen LogP contribution in [0.1, 0.15) is 24.1 Å². The van der Waals surface area contributed by atoms with Crippen molar-refractivity contribution in [1.82, 2.24) is 14.2 Å². The van der Waals surface area contributed by atoms with E-state index in [1.807, 2.05) is 37.3 Å². The van der Waals surface area contributed by atoms with Crippen molar-refractivity contribution in [3.05, 3.63) is 59.9 Å². The van der Waals surface area contributed by atoms with Gasteiger partial charge in [0.15, 0.2) is 0 Å². The Kier molecular flexibility index (Phi) is 4.75. The number of aryl methyl sites for hydroxylation is 1. The van der Waals surface area contributed by atoms with Crippen molar-refractivity contribution in [2.45, 2.75) is 31.2 Å². The molecule has 2 fully saturated rings. The van der Waals surface area contributed by atoms with Crippen molar-refractivity contribution in [2.75, 3.05) is 20.1 Å². The number of carbonyl (C=O) groups excluding carboxylic acids is 1. The van der Waals surface area contributed by atoms with Gasteiger partial charge in [0.25, 0.3) is 0 Å². The van der Waals surface area contributed by atoms with E-state index >= 15 is 0 Å². The van der Waals surface area contributed by atoms with Crippen LogP contribution in [0.25, 0.3) is 0 Å². The minimum atomic E-state index is -3.51. The largest absolute Gasteiger partial charge is 0.340 e. The number of aromatic nitrogens is 1. The fraction of sp³-hybridized carbons (Fsp3) is 0.429. The summed E-state index contributed by atoms with van der Waals surface area (Å²) < 4.78 is 27.4. The lowest BCUT2D eigenvalue weighted by Crippen LogP contribution is -2.32. The fourth-order valence-corrected chi connectivity index (χ4v) is 5.68. The first kappa shape index (κ1) is 19.1. The van der Waals surface area contributed by atoms with E-state index in [2.05, 4.69) is 4.98 Å². The van der Waals surface area contributed by atoms with Crippen molar-refractivity contribution < 1.29 is 13.2 Å². The minimum Gasteiger partial charge on any atom is -0.340 e. The molecule has 28 heavy (non-hydrogen) atoms. The van der Waals surface area contributed by atoms with Crippen LogP contribution in [0.5, 0.6) is 0 Å². The molecule has 1 aliphatic heterocycles. The van der Waals surface area contributed by atoms with Crippen molar-refractivity contribution in [1.29, 1.82) is 0 Å². The first-order chi connectivity index (χ1) is 13.3. The lowest BCUT2D eigenvalue weighted by Gasteiger charge is -2.19. The molecule has 2 heterocycles. The summed E-state index contributed by atoms with van der Waals surface area (Å²) in [6.07, 6.45) is 3.22. The third-order valence-electron chi connectivity index (χ3n) is 6.00. The van der Waals surface area contributed by atoms with Crippen LogP contribution in [0.2, 0.25) is 0 Å². The van der Waals surface area contributed by atoms with Crippen LogP contribution in [0, 0.1) is 18.3 Å². The number of rotatable bonds is 5. The van der Waals surface area contributed by atoms with Gasteiger partial charge in [-0.15, -0.1) is 0 Å². The zero-order valence-electron chi connectivity index (χ0n) is 16.2. The number of nitrogens with zero attached hydrogens (tertiary/aromatic N) is 3. The van der Waals surface area contributed by atoms with Crippen LogP contribution in [-0.4, -0.2) is 48.7 Å². The monoisotopic (exact) mass is 399 g/mol. The number of benzene rings is 1. The second-order valence-corrected chi connectivity index (χ2v) is 9.97. The fourth-order valence-electron chi connectivity index (χ4n) is 4.15. The second kappa shape index (κ2) is 6.97. The Labute approximate surface area is 166 Å². The maximum Gasteiger partial charge on any atom is 0.243 e. The average molecular weight is 400 g/mol. The highest BCUT2D eigenvalue weighted by Crippen LogP contribution is 2.59. The van der Waals surface area contributed by atoms with Gasteiger partial charge in [0.05, 0.1) is 17.1 Å². The summed E-state index contributed by atoms with van der Waals surface area (Å²) in [6, 6.07) is 12.6. The highest BCUT2D eigenvalue weighted by molar-refractivity contribution is 7.89. The summed E-state index contributed by atoms with van der Waals surface area (Å²) in [5.74, 6) is -0.0142. The zero-order valence-corrected chi connectivity index (χ0v) is 17.0. The highest BCUT2D eigenvalue weighted by atomic mass is 32.2. The molecule has 0 unspecified atom stereocenters. The Balaban J connectivity index is 1.42. The first-order valence-electron chi connectivity index (χ1n) is 9.54. The number of amides is 1. The Morgan fingerprint density at radius 3 is 2.68 bits per heavy atom. The molecule has 0 bridgehead atoms. The molecule has 6 nitrogen and oxygen atoms in total. The van der Waals surface area contributed by atoms with E-state index in [1.165, 1.54) is 0 Å². The summed E-state index contributed by atoms with van der Waals surface area (Å²) in [6.45, 7) is 3.31. The van der Waals surface area contributed by atoms with E-state index in [9.17, 15) is 13.2 Å². The summed E-state index contributed by atoms with van der Waals surface area (Å²) >= 11 is 0. The van der Waals surface area contributed by atoms with Crippen LogP contribution in [-0.2, 0) is 21.4 Å². The van der Waals surface area contributed by atoms with Gasteiger partial charge in [0.1, 0.15) is 0 Å². The van der Waals surface area contributed by atoms with Gasteiger partial charge in [0, 0.05) is 32.3 Å². The first-order valence-corrected chi connectivity index (χ1v) is 11.0. The van der Waals surface area contributed by atoms with Crippen LogP contribution >= 0.6 is 0 Å². The van der Waals surface area contributed by atoms with Crippen LogP contribution in [0.3, 0.4) is 0 Å². The Hall–Kier alpha value is -2.25. The van der Waals surface area contributed by atoms with Crippen molar-refractivity contribution >= 4 is 15.9 Å². The topological polar surface area (TPSA) is 70.6 Å². The lowest BCUT2D eigenvalue weighted by molar-refractivity contribution is -0.132. The number of pyridine rings is 1. The molecule has 7 heteroatoms. The summed E-state index contributed by atoms with van der Waals surface area (Å²) in [7, 11) is -1.72. The van der Waals surface area contributed by atoms with Gasteiger partial charge in [-0.1, -0.05) is 23.8 Å². The molecule has 1 saturated carbocycles. The summed E-state index contributed by atoms with van der Waals surface area (Å²) in [4.78, 5) is 19.2. The number of carbonyl (C=O) groups is 1. The van der Waals surface area contributed by atoms with Gasteiger partial charge in [0.2, 0.25) is 15.9 Å². The van der Waals surface area contributed by atoms with E-state index in [4.69, 9.17) is 0 Å². The average Bonchev–Trinajstić information content (AvgIpc) is 3.20. The van der Waals surface area contributed by atoms with E-state index in [0.29, 0.717) is 24.5 Å². The molecule has 1 aliphatic carbocycles. The van der Waals surface area contributed by atoms with Crippen molar-refractivity contribution in [2.24, 2.45) is 11.3 Å². The van der Waals surface area contributed by atoms with Crippen LogP contribution in [0.15, 0.2) is 53.6 Å². The smallest absolute Gasteiger partial charge is 0.243 e. The molecule has 2 atom stereocenters. The molecule has 1 aromatic heterocycles. The Morgan fingerprint density at radius 2 is 2.00 bits per heavy atom. The third kappa shape index (κ3) is 3.44. The van der Waals surface area contributed by atoms with Gasteiger partial charge < -0.3 is 4.90 Å². The summed E-state index contributed by atoms with van der Waals surface area (Å²) in [5, 5.41) is 0. The van der Waals surface area contributed by atoms with Crippen LogP contribution < -0.4 is 0 Å². The number of hydrogen-bond acceptors (Lipinski definition) is 4. The minimum absolute atomic E-state index is 0.0836. The third-order valence-corrected chi connectivity index (χ3v) is 7.86. The van der Waals surface area contributed by atoms with Gasteiger partial charge in [-0.05, 0) is 49.4 Å². The highest BCUT2D eigenvalue weighted by Gasteiger charge is 2.62. The van der Waals surface area contributed by atoms with E-state index in [0.717, 1.165) is 24.1 Å². The van der Waals surface area contributed by atoms with E-state index in [1.54, 1.807) is 34.6 Å². The molecule has 4 rings (SSSR count). The maximum absolute atomic E-state index is 12.9. The lowest BCUT2D eigenvalue weighted by atomic mass is 10.0. The maximum atomic E-state index is 12.9. The summed E-state index contributed by atoms with van der Waals surface area (Å²) in [5.41, 5.74) is 1.68. The second-order valence-electron chi connectivity index (χ2n) is 8.04. The van der Waals surface area contributed by atoms with Crippen molar-refractivity contribution in [3.63, 3.8) is 0 Å². The molecule has 1 saturated heterocycles. The zero-order chi connectivity index (χ0) is 19.9. The molecule has 0 radical (unpaired) electrons. The van der Waals surface area contributed by atoms with Gasteiger partial charge in [-0.3, -0.25) is 9.78 Å². The normalized spacial score (nSPS) is 24.4.